The van der Waals surface area contributed by atoms with Crippen molar-refractivity contribution in [2.45, 2.75) is 78.0 Å². The van der Waals surface area contributed by atoms with Crippen LogP contribution in [0.4, 0.5) is 10.5 Å². The number of benzene rings is 1. The zero-order valence-corrected chi connectivity index (χ0v) is 22.3. The molecule has 0 bridgehead atoms. The first kappa shape index (κ1) is 27.8. The summed E-state index contributed by atoms with van der Waals surface area (Å²) in [6.07, 6.45) is 4.69. The van der Waals surface area contributed by atoms with Gasteiger partial charge in [-0.15, -0.1) is 0 Å². The van der Waals surface area contributed by atoms with E-state index in [1.165, 1.54) is 6.42 Å². The number of hydrogen-bond acceptors (Lipinski definition) is 5. The number of nitrogens with one attached hydrogen (secondary N) is 2. The summed E-state index contributed by atoms with van der Waals surface area (Å²) in [4.78, 5) is 42.1. The number of fused-ring (bicyclic) bond motifs is 1. The van der Waals surface area contributed by atoms with Crippen LogP contribution in [0.15, 0.2) is 18.2 Å². The Labute approximate surface area is 214 Å². The summed E-state index contributed by atoms with van der Waals surface area (Å²) in [7, 11) is 1.72. The molecule has 200 valence electrons. The molecule has 4 amide bonds. The molecule has 3 N–H and O–H groups in total. The lowest BCUT2D eigenvalue weighted by atomic mass is 9.88. The van der Waals surface area contributed by atoms with Gasteiger partial charge in [0, 0.05) is 37.2 Å². The maximum absolute atomic E-state index is 13.6. The number of carbonyl (C=O) groups is 3. The third kappa shape index (κ3) is 6.90. The van der Waals surface area contributed by atoms with E-state index in [9.17, 15) is 19.5 Å². The van der Waals surface area contributed by atoms with Crippen LogP contribution in [0.5, 0.6) is 5.75 Å². The first-order chi connectivity index (χ1) is 17.1. The molecule has 0 radical (unpaired) electrons. The van der Waals surface area contributed by atoms with Gasteiger partial charge in [0.15, 0.2) is 0 Å². The molecule has 3 rings (SSSR count). The summed E-state index contributed by atoms with van der Waals surface area (Å²) in [5, 5.41) is 15.7. The Kier molecular flexibility index (Phi) is 9.59. The summed E-state index contributed by atoms with van der Waals surface area (Å²) in [6.45, 7) is 8.11. The molecule has 2 aliphatic rings. The predicted octanol–water partition coefficient (Wildman–Crippen LogP) is 3.48. The van der Waals surface area contributed by atoms with Crippen LogP contribution in [-0.2, 0) is 4.79 Å². The molecular formula is C27H42N4O5. The summed E-state index contributed by atoms with van der Waals surface area (Å²) in [5.41, 5.74) is 0.888. The third-order valence-corrected chi connectivity index (χ3v) is 7.12. The van der Waals surface area contributed by atoms with Crippen LogP contribution in [-0.4, -0.2) is 77.7 Å². The number of aliphatic hydroxyl groups excluding tert-OH is 1. The molecule has 9 heteroatoms. The Bertz CT molecular complexity index is 931. The van der Waals surface area contributed by atoms with Gasteiger partial charge < -0.3 is 30.3 Å². The Morgan fingerprint density at radius 3 is 2.53 bits per heavy atom. The SMILES string of the molecule is CC(C)NC(=O)N(C)C[C@@H]1Oc2ccc(NC(=O)C3CCCCC3)cc2C(=O)N([C@H](C)CO)C[C@@H]1C. The highest BCUT2D eigenvalue weighted by molar-refractivity contribution is 6.00. The van der Waals surface area contributed by atoms with E-state index in [1.54, 1.807) is 42.0 Å². The summed E-state index contributed by atoms with van der Waals surface area (Å²) >= 11 is 0. The molecule has 0 aromatic heterocycles. The number of amides is 4. The van der Waals surface area contributed by atoms with Crippen molar-refractivity contribution in [1.82, 2.24) is 15.1 Å². The smallest absolute Gasteiger partial charge is 0.317 e. The van der Waals surface area contributed by atoms with Gasteiger partial charge in [0.2, 0.25) is 5.91 Å². The lowest BCUT2D eigenvalue weighted by Gasteiger charge is -2.38. The van der Waals surface area contributed by atoms with Crippen LogP contribution in [0.3, 0.4) is 0 Å². The van der Waals surface area contributed by atoms with Crippen molar-refractivity contribution in [2.24, 2.45) is 11.8 Å². The Morgan fingerprint density at radius 2 is 1.89 bits per heavy atom. The molecule has 1 aliphatic heterocycles. The molecule has 1 aliphatic carbocycles. The van der Waals surface area contributed by atoms with Crippen molar-refractivity contribution in [2.75, 3.05) is 32.1 Å². The third-order valence-electron chi connectivity index (χ3n) is 7.12. The van der Waals surface area contributed by atoms with Crippen molar-refractivity contribution in [3.8, 4) is 5.75 Å². The van der Waals surface area contributed by atoms with Crippen LogP contribution < -0.4 is 15.4 Å². The van der Waals surface area contributed by atoms with E-state index in [0.29, 0.717) is 30.1 Å². The second-order valence-electron chi connectivity index (χ2n) is 10.6. The number of rotatable bonds is 7. The molecule has 1 fully saturated rings. The fourth-order valence-electron chi connectivity index (χ4n) is 4.84. The molecule has 9 nitrogen and oxygen atoms in total. The van der Waals surface area contributed by atoms with Gasteiger partial charge in [0.05, 0.1) is 24.8 Å². The van der Waals surface area contributed by atoms with Crippen LogP contribution in [0, 0.1) is 11.8 Å². The van der Waals surface area contributed by atoms with E-state index >= 15 is 0 Å². The molecule has 1 heterocycles. The summed E-state index contributed by atoms with van der Waals surface area (Å²) in [5.74, 6) is 0.0303. The zero-order valence-electron chi connectivity index (χ0n) is 22.3. The highest BCUT2D eigenvalue weighted by Crippen LogP contribution is 2.31. The Balaban J connectivity index is 1.87. The average molecular weight is 503 g/mol. The van der Waals surface area contributed by atoms with Crippen LogP contribution in [0.2, 0.25) is 0 Å². The van der Waals surface area contributed by atoms with Crippen molar-refractivity contribution in [1.29, 1.82) is 0 Å². The number of carbonyl (C=O) groups excluding carboxylic acids is 3. The van der Waals surface area contributed by atoms with Gasteiger partial charge in [-0.1, -0.05) is 26.2 Å². The zero-order chi connectivity index (χ0) is 26.4. The fraction of sp³-hybridized carbons (Fsp3) is 0.667. The Morgan fingerprint density at radius 1 is 1.19 bits per heavy atom. The monoisotopic (exact) mass is 502 g/mol. The molecule has 0 unspecified atom stereocenters. The van der Waals surface area contributed by atoms with E-state index in [1.807, 2.05) is 20.8 Å². The first-order valence-corrected chi connectivity index (χ1v) is 13.2. The minimum atomic E-state index is -0.394. The summed E-state index contributed by atoms with van der Waals surface area (Å²) < 4.78 is 6.34. The second-order valence-corrected chi connectivity index (χ2v) is 10.6. The standard InChI is InChI=1S/C27H42N4O5/c1-17(2)28-27(35)30(5)15-24-18(3)14-31(19(4)16-32)26(34)22-13-21(11-12-23(22)36-24)29-25(33)20-9-7-6-8-10-20/h11-13,17-20,24,32H,6-10,14-16H2,1-5H3,(H,28,35)(H,29,33)/t18-,19+,24-/m0/s1. The number of likely N-dealkylation sites (N-methyl/N-ethyl adjacent to an activating group) is 1. The normalized spacial score (nSPS) is 21.6. The molecule has 3 atom stereocenters. The van der Waals surface area contributed by atoms with Crippen molar-refractivity contribution in [3.05, 3.63) is 23.8 Å². The number of aliphatic hydroxyl groups is 1. The maximum Gasteiger partial charge on any atom is 0.317 e. The average Bonchev–Trinajstić information content (AvgIpc) is 2.86. The largest absolute Gasteiger partial charge is 0.487 e. The fourth-order valence-corrected chi connectivity index (χ4v) is 4.84. The van der Waals surface area contributed by atoms with Crippen molar-refractivity contribution < 1.29 is 24.2 Å². The van der Waals surface area contributed by atoms with Gasteiger partial charge >= 0.3 is 6.03 Å². The minimum absolute atomic E-state index is 0.00336. The lowest BCUT2D eigenvalue weighted by Crippen LogP contribution is -2.51. The molecule has 1 saturated carbocycles. The molecule has 0 spiro atoms. The van der Waals surface area contributed by atoms with E-state index in [-0.39, 0.29) is 48.4 Å². The number of hydrogen-bond donors (Lipinski definition) is 3. The van der Waals surface area contributed by atoms with Crippen LogP contribution in [0.25, 0.3) is 0 Å². The van der Waals surface area contributed by atoms with Gasteiger partial charge in [-0.05, 0) is 51.8 Å². The first-order valence-electron chi connectivity index (χ1n) is 13.2. The van der Waals surface area contributed by atoms with E-state index in [0.717, 1.165) is 25.7 Å². The Hall–Kier alpha value is -2.81. The van der Waals surface area contributed by atoms with Gasteiger partial charge in [-0.25, -0.2) is 4.79 Å². The highest BCUT2D eigenvalue weighted by atomic mass is 16.5. The lowest BCUT2D eigenvalue weighted by molar-refractivity contribution is -0.120. The maximum atomic E-state index is 13.6. The number of nitrogens with zero attached hydrogens (tertiary/aromatic N) is 2. The van der Waals surface area contributed by atoms with Crippen LogP contribution in [0.1, 0.15) is 70.2 Å². The van der Waals surface area contributed by atoms with Gasteiger partial charge in [-0.3, -0.25) is 9.59 Å². The topological polar surface area (TPSA) is 111 Å². The van der Waals surface area contributed by atoms with Crippen molar-refractivity contribution in [3.63, 3.8) is 0 Å². The van der Waals surface area contributed by atoms with Crippen molar-refractivity contribution >= 4 is 23.5 Å². The quantitative estimate of drug-likeness (QED) is 0.529. The molecule has 1 aromatic rings. The van der Waals surface area contributed by atoms with Gasteiger partial charge in [0.1, 0.15) is 11.9 Å². The van der Waals surface area contributed by atoms with Crippen LogP contribution >= 0.6 is 0 Å². The number of urea groups is 1. The van der Waals surface area contributed by atoms with E-state index in [2.05, 4.69) is 10.6 Å². The molecule has 36 heavy (non-hydrogen) atoms. The minimum Gasteiger partial charge on any atom is -0.487 e. The van der Waals surface area contributed by atoms with Gasteiger partial charge in [0.25, 0.3) is 5.91 Å². The molecule has 1 aromatic carbocycles. The summed E-state index contributed by atoms with van der Waals surface area (Å²) in [6, 6.07) is 4.56. The molecule has 0 saturated heterocycles. The van der Waals surface area contributed by atoms with E-state index < -0.39 is 6.04 Å². The number of anilines is 1. The number of ether oxygens (including phenoxy) is 1. The molecular weight excluding hydrogens is 460 g/mol. The van der Waals surface area contributed by atoms with E-state index in [4.69, 9.17) is 4.74 Å². The van der Waals surface area contributed by atoms with Gasteiger partial charge in [-0.2, -0.15) is 0 Å². The second kappa shape index (κ2) is 12.4. The highest BCUT2D eigenvalue weighted by Gasteiger charge is 2.34. The predicted molar refractivity (Wildman–Crippen MR) is 139 cm³/mol.